The molecule has 2 aromatic heterocycles. The second-order valence-electron chi connectivity index (χ2n) is 6.06. The highest BCUT2D eigenvalue weighted by Gasteiger charge is 2.12. The van der Waals surface area contributed by atoms with E-state index in [0.717, 1.165) is 29.7 Å². The predicted octanol–water partition coefficient (Wildman–Crippen LogP) is 3.44. The Labute approximate surface area is 147 Å². The highest BCUT2D eigenvalue weighted by atomic mass is 16.5. The van der Waals surface area contributed by atoms with E-state index in [2.05, 4.69) is 34.2 Å². The van der Waals surface area contributed by atoms with Crippen molar-refractivity contribution >= 4 is 0 Å². The molecule has 3 aromatic rings. The van der Waals surface area contributed by atoms with Gasteiger partial charge in [0.15, 0.2) is 0 Å². The topological polar surface area (TPSA) is 64.3 Å². The van der Waals surface area contributed by atoms with Gasteiger partial charge < -0.3 is 14.1 Å². The van der Waals surface area contributed by atoms with Gasteiger partial charge in [0.1, 0.15) is 0 Å². The van der Waals surface area contributed by atoms with Crippen molar-refractivity contribution < 1.29 is 9.15 Å². The number of benzene rings is 1. The normalized spacial score (nSPS) is 11.0. The number of nitrogens with zero attached hydrogens (tertiary/aromatic N) is 4. The zero-order chi connectivity index (χ0) is 17.6. The molecule has 0 aliphatic carbocycles. The van der Waals surface area contributed by atoms with E-state index in [1.807, 2.05) is 42.6 Å². The third kappa shape index (κ3) is 4.42. The van der Waals surface area contributed by atoms with Gasteiger partial charge in [-0.25, -0.2) is 4.98 Å². The number of hydrogen-bond acceptors (Lipinski definition) is 6. The lowest BCUT2D eigenvalue weighted by atomic mass is 10.0. The van der Waals surface area contributed by atoms with Crippen LogP contribution in [0.5, 0.6) is 5.88 Å². The molecule has 0 radical (unpaired) electrons. The molecule has 0 atom stereocenters. The van der Waals surface area contributed by atoms with Crippen LogP contribution in [0.1, 0.15) is 12.3 Å². The molecule has 1 aromatic carbocycles. The van der Waals surface area contributed by atoms with Crippen LogP contribution >= 0.6 is 0 Å². The van der Waals surface area contributed by atoms with Gasteiger partial charge in [0, 0.05) is 36.9 Å². The number of aromatic nitrogens is 3. The number of aryl methyl sites for hydroxylation is 1. The third-order valence-electron chi connectivity index (χ3n) is 3.73. The van der Waals surface area contributed by atoms with Crippen LogP contribution < -0.4 is 4.74 Å². The molecule has 0 amide bonds. The Bertz CT molecular complexity index is 812. The molecule has 0 bridgehead atoms. The number of rotatable bonds is 7. The summed E-state index contributed by atoms with van der Waals surface area (Å²) in [7, 11) is 4.10. The lowest BCUT2D eigenvalue weighted by Gasteiger charge is -2.10. The van der Waals surface area contributed by atoms with E-state index < -0.39 is 0 Å². The molecule has 0 unspecified atom stereocenters. The van der Waals surface area contributed by atoms with E-state index in [-0.39, 0.29) is 0 Å². The summed E-state index contributed by atoms with van der Waals surface area (Å²) in [4.78, 5) is 6.54. The van der Waals surface area contributed by atoms with Gasteiger partial charge in [-0.05, 0) is 38.2 Å². The van der Waals surface area contributed by atoms with E-state index >= 15 is 0 Å². The number of ether oxygens (including phenoxy) is 1. The van der Waals surface area contributed by atoms with Gasteiger partial charge in [-0.3, -0.25) is 0 Å². The van der Waals surface area contributed by atoms with Gasteiger partial charge in [0.25, 0.3) is 0 Å². The maximum Gasteiger partial charge on any atom is 0.248 e. The van der Waals surface area contributed by atoms with Gasteiger partial charge >= 0.3 is 0 Å². The Kier molecular flexibility index (Phi) is 5.40. The van der Waals surface area contributed by atoms with Crippen molar-refractivity contribution in [2.24, 2.45) is 0 Å². The molecule has 6 heteroatoms. The molecule has 2 heterocycles. The summed E-state index contributed by atoms with van der Waals surface area (Å²) in [6, 6.07) is 11.8. The second-order valence-corrected chi connectivity index (χ2v) is 6.06. The second kappa shape index (κ2) is 7.90. The number of pyridine rings is 1. The predicted molar refractivity (Wildman–Crippen MR) is 96.4 cm³/mol. The molecule has 0 saturated heterocycles. The van der Waals surface area contributed by atoms with E-state index in [9.17, 15) is 0 Å². The zero-order valence-electron chi connectivity index (χ0n) is 14.8. The van der Waals surface area contributed by atoms with Crippen molar-refractivity contribution in [3.63, 3.8) is 0 Å². The quantitative estimate of drug-likeness (QED) is 0.615. The summed E-state index contributed by atoms with van der Waals surface area (Å²) in [6.07, 6.45) is 2.78. The Balaban J connectivity index is 1.75. The molecule has 0 saturated carbocycles. The van der Waals surface area contributed by atoms with Crippen LogP contribution in [-0.2, 0) is 0 Å². The summed E-state index contributed by atoms with van der Waals surface area (Å²) < 4.78 is 11.3. The maximum absolute atomic E-state index is 5.69. The van der Waals surface area contributed by atoms with Crippen LogP contribution in [0, 0.1) is 6.92 Å². The summed E-state index contributed by atoms with van der Waals surface area (Å²) in [5.41, 5.74) is 2.87. The van der Waals surface area contributed by atoms with Crippen molar-refractivity contribution in [1.82, 2.24) is 20.1 Å². The fourth-order valence-corrected chi connectivity index (χ4v) is 2.51. The van der Waals surface area contributed by atoms with Gasteiger partial charge in [0.2, 0.25) is 17.7 Å². The largest absolute Gasteiger partial charge is 0.478 e. The smallest absolute Gasteiger partial charge is 0.248 e. The molecule has 0 spiro atoms. The zero-order valence-corrected chi connectivity index (χ0v) is 14.8. The van der Waals surface area contributed by atoms with Crippen LogP contribution in [-0.4, -0.2) is 47.3 Å². The molecule has 0 fully saturated rings. The van der Waals surface area contributed by atoms with Crippen molar-refractivity contribution in [2.45, 2.75) is 13.3 Å². The maximum atomic E-state index is 5.69. The Morgan fingerprint density at radius 2 is 1.84 bits per heavy atom. The van der Waals surface area contributed by atoms with E-state index in [0.29, 0.717) is 24.3 Å². The SMILES string of the molecule is Cc1nnc(-c2ccccc2-c2ccc(OCCCN(C)C)nc2)o1. The first-order chi connectivity index (χ1) is 12.1. The Morgan fingerprint density at radius 1 is 1.04 bits per heavy atom. The first kappa shape index (κ1) is 17.1. The minimum atomic E-state index is 0.511. The molecular formula is C19H22N4O2. The minimum absolute atomic E-state index is 0.511. The van der Waals surface area contributed by atoms with Crippen molar-refractivity contribution in [1.29, 1.82) is 0 Å². The number of hydrogen-bond donors (Lipinski definition) is 0. The van der Waals surface area contributed by atoms with Gasteiger partial charge in [0.05, 0.1) is 6.61 Å². The van der Waals surface area contributed by atoms with E-state index in [1.54, 1.807) is 6.92 Å². The van der Waals surface area contributed by atoms with Crippen LogP contribution in [0.2, 0.25) is 0 Å². The van der Waals surface area contributed by atoms with Crippen LogP contribution in [0.3, 0.4) is 0 Å². The van der Waals surface area contributed by atoms with Crippen LogP contribution in [0.4, 0.5) is 0 Å². The van der Waals surface area contributed by atoms with Crippen LogP contribution in [0.25, 0.3) is 22.6 Å². The summed E-state index contributed by atoms with van der Waals surface area (Å²) in [5.74, 6) is 1.69. The van der Waals surface area contributed by atoms with Gasteiger partial charge in [-0.2, -0.15) is 0 Å². The fraction of sp³-hybridized carbons (Fsp3) is 0.316. The first-order valence-electron chi connectivity index (χ1n) is 8.27. The van der Waals surface area contributed by atoms with E-state index in [4.69, 9.17) is 9.15 Å². The van der Waals surface area contributed by atoms with Crippen molar-refractivity contribution in [3.8, 4) is 28.5 Å². The highest BCUT2D eigenvalue weighted by molar-refractivity contribution is 5.79. The Morgan fingerprint density at radius 3 is 2.48 bits per heavy atom. The van der Waals surface area contributed by atoms with Crippen molar-refractivity contribution in [3.05, 3.63) is 48.5 Å². The minimum Gasteiger partial charge on any atom is -0.478 e. The average molecular weight is 338 g/mol. The Hall–Kier alpha value is -2.73. The molecule has 0 aliphatic rings. The third-order valence-corrected chi connectivity index (χ3v) is 3.73. The molecule has 0 N–H and O–H groups in total. The highest BCUT2D eigenvalue weighted by Crippen LogP contribution is 2.31. The fourth-order valence-electron chi connectivity index (χ4n) is 2.51. The molecule has 3 rings (SSSR count). The molecule has 6 nitrogen and oxygen atoms in total. The molecule has 25 heavy (non-hydrogen) atoms. The van der Waals surface area contributed by atoms with E-state index in [1.165, 1.54) is 0 Å². The molecule has 0 aliphatic heterocycles. The summed E-state index contributed by atoms with van der Waals surface area (Å²) in [6.45, 7) is 3.43. The summed E-state index contributed by atoms with van der Waals surface area (Å²) in [5, 5.41) is 8.03. The average Bonchev–Trinajstić information content (AvgIpc) is 3.05. The molecular weight excluding hydrogens is 316 g/mol. The van der Waals surface area contributed by atoms with Gasteiger partial charge in [-0.15, -0.1) is 10.2 Å². The lowest BCUT2D eigenvalue weighted by Crippen LogP contribution is -2.15. The lowest BCUT2D eigenvalue weighted by molar-refractivity contribution is 0.273. The summed E-state index contributed by atoms with van der Waals surface area (Å²) >= 11 is 0. The van der Waals surface area contributed by atoms with Crippen LogP contribution in [0.15, 0.2) is 47.0 Å². The molecule has 130 valence electrons. The van der Waals surface area contributed by atoms with Gasteiger partial charge in [-0.1, -0.05) is 18.2 Å². The standard InChI is InChI=1S/C19H22N4O2/c1-14-21-22-19(25-14)17-8-5-4-7-16(17)15-9-10-18(20-13-15)24-12-6-11-23(2)3/h4-5,7-10,13H,6,11-12H2,1-3H3. The van der Waals surface area contributed by atoms with Crippen molar-refractivity contribution in [2.75, 3.05) is 27.2 Å². The first-order valence-corrected chi connectivity index (χ1v) is 8.27. The monoisotopic (exact) mass is 338 g/mol.